The molecule has 0 atom stereocenters. The highest BCUT2D eigenvalue weighted by molar-refractivity contribution is 14.2. The van der Waals surface area contributed by atoms with E-state index in [1.165, 1.54) is 26.5 Å². The van der Waals surface area contributed by atoms with E-state index >= 15 is 0 Å². The van der Waals surface area contributed by atoms with Gasteiger partial charge >= 0.3 is 0 Å². The number of halogens is 2. The van der Waals surface area contributed by atoms with E-state index in [4.69, 9.17) is 0 Å². The van der Waals surface area contributed by atoms with Crippen molar-refractivity contribution >= 4 is 57.2 Å². The van der Waals surface area contributed by atoms with Gasteiger partial charge in [-0.2, -0.15) is 0 Å². The van der Waals surface area contributed by atoms with Gasteiger partial charge in [0.05, 0.1) is 5.52 Å². The molecular weight excluding hydrogens is 373 g/mol. The molecule has 0 bridgehead atoms. The summed E-state index contributed by atoms with van der Waals surface area (Å²) in [5.41, 5.74) is 3.97. The summed E-state index contributed by atoms with van der Waals surface area (Å²) < 4.78 is 3.34. The molecule has 0 unspecified atom stereocenters. The van der Waals surface area contributed by atoms with Crippen molar-refractivity contribution in [2.45, 2.75) is 13.8 Å². The van der Waals surface area contributed by atoms with Gasteiger partial charge in [0.1, 0.15) is 0 Å². The Morgan fingerprint density at radius 3 is 2.79 bits per heavy atom. The average molecular weight is 382 g/mol. The number of aryl methyl sites for hydroxylation is 2. The van der Waals surface area contributed by atoms with Crippen molar-refractivity contribution in [3.05, 3.63) is 33.9 Å². The second-order valence-corrected chi connectivity index (χ2v) is 5.84. The summed E-state index contributed by atoms with van der Waals surface area (Å²) in [6.07, 6.45) is 2.11. The van der Waals surface area contributed by atoms with E-state index < -0.39 is 0 Å². The van der Waals surface area contributed by atoms with Crippen molar-refractivity contribution in [2.24, 2.45) is 0 Å². The van der Waals surface area contributed by atoms with Crippen LogP contribution < -0.4 is 0 Å². The highest BCUT2D eigenvalue weighted by Gasteiger charge is 2.09. The Labute approximate surface area is 108 Å². The lowest BCUT2D eigenvalue weighted by atomic mass is 10.1. The molecule has 1 aromatic carbocycles. The smallest absolute Gasteiger partial charge is 0.0743 e. The maximum atomic E-state index is 3.62. The van der Waals surface area contributed by atoms with Crippen LogP contribution in [0.2, 0.25) is 0 Å². The first-order valence-electron chi connectivity index (χ1n) is 4.21. The van der Waals surface area contributed by atoms with E-state index in [9.17, 15) is 0 Å². The van der Waals surface area contributed by atoms with Crippen LogP contribution >= 0.6 is 46.3 Å². The van der Waals surface area contributed by atoms with Crippen molar-refractivity contribution in [1.82, 2.24) is 3.97 Å². The topological polar surface area (TPSA) is 4.93 Å². The van der Waals surface area contributed by atoms with Crippen LogP contribution in [0.3, 0.4) is 0 Å². The van der Waals surface area contributed by atoms with Crippen LogP contribution in [0.25, 0.3) is 10.9 Å². The molecular formula is C10H9BrINS. The summed E-state index contributed by atoms with van der Waals surface area (Å²) >= 11 is 5.91. The minimum Gasteiger partial charge on any atom is -0.281 e. The van der Waals surface area contributed by atoms with E-state index in [1.807, 2.05) is 0 Å². The Morgan fingerprint density at radius 2 is 2.14 bits per heavy atom. The van der Waals surface area contributed by atoms with E-state index in [2.05, 4.69) is 73.3 Å². The van der Waals surface area contributed by atoms with Gasteiger partial charge in [-0.25, -0.2) is 0 Å². The maximum absolute atomic E-state index is 3.62. The van der Waals surface area contributed by atoms with Gasteiger partial charge in [-0.1, -0.05) is 0 Å². The molecule has 0 aliphatic heterocycles. The fourth-order valence-electron chi connectivity index (χ4n) is 1.59. The minimum atomic E-state index is 1.17. The Kier molecular flexibility index (Phi) is 3.14. The van der Waals surface area contributed by atoms with Gasteiger partial charge in [0.2, 0.25) is 0 Å². The minimum absolute atomic E-state index is 1.17. The quantitative estimate of drug-likeness (QED) is 0.638. The number of rotatable bonds is 1. The zero-order chi connectivity index (χ0) is 10.3. The van der Waals surface area contributed by atoms with Crippen LogP contribution in [-0.4, -0.2) is 3.97 Å². The second-order valence-electron chi connectivity index (χ2n) is 3.27. The lowest BCUT2D eigenvalue weighted by Crippen LogP contribution is -1.86. The van der Waals surface area contributed by atoms with Gasteiger partial charge in [-0.3, -0.25) is 3.97 Å². The van der Waals surface area contributed by atoms with Crippen LogP contribution in [0.4, 0.5) is 0 Å². The predicted molar refractivity (Wildman–Crippen MR) is 76.1 cm³/mol. The molecule has 0 N–H and O–H groups in total. The number of benzene rings is 1. The zero-order valence-electron chi connectivity index (χ0n) is 7.84. The van der Waals surface area contributed by atoms with Gasteiger partial charge in [0.15, 0.2) is 0 Å². The molecule has 2 aromatic rings. The van der Waals surface area contributed by atoms with Gasteiger partial charge in [-0.05, 0) is 53.0 Å². The summed E-state index contributed by atoms with van der Waals surface area (Å²) in [4.78, 5) is 0. The van der Waals surface area contributed by atoms with Crippen LogP contribution in [0.5, 0.6) is 0 Å². The van der Waals surface area contributed by atoms with Crippen molar-refractivity contribution in [2.75, 3.05) is 0 Å². The fourth-order valence-corrected chi connectivity index (χ4v) is 3.81. The van der Waals surface area contributed by atoms with Gasteiger partial charge in [0, 0.05) is 46.4 Å². The van der Waals surface area contributed by atoms with Crippen LogP contribution in [0.15, 0.2) is 22.8 Å². The SMILES string of the molecule is Cc1cc(Br)c2c(ccn2SI)c1C. The number of fused-ring (bicyclic) bond motifs is 1. The standard InChI is InChI=1S/C10H9BrINS/c1-6-5-9(11)10-8(7(6)2)3-4-13(10)14-12/h3-5H,1-2H3. The summed E-state index contributed by atoms with van der Waals surface area (Å²) in [5.74, 6) is 0. The Bertz CT molecular complexity index is 492. The monoisotopic (exact) mass is 381 g/mol. The molecule has 0 fully saturated rings. The third kappa shape index (κ3) is 1.61. The van der Waals surface area contributed by atoms with Crippen LogP contribution in [0, 0.1) is 13.8 Å². The molecule has 0 saturated heterocycles. The first-order valence-corrected chi connectivity index (χ1v) is 8.32. The summed E-state index contributed by atoms with van der Waals surface area (Å²) in [6, 6.07) is 4.36. The number of aromatic nitrogens is 1. The van der Waals surface area contributed by atoms with Gasteiger partial charge in [0.25, 0.3) is 0 Å². The first-order chi connectivity index (χ1) is 6.65. The second kappa shape index (κ2) is 4.06. The summed E-state index contributed by atoms with van der Waals surface area (Å²) in [6.45, 7) is 4.32. The molecule has 2 rings (SSSR count). The van der Waals surface area contributed by atoms with Gasteiger partial charge < -0.3 is 0 Å². The highest BCUT2D eigenvalue weighted by Crippen LogP contribution is 2.33. The molecule has 0 amide bonds. The number of nitrogens with zero attached hydrogens (tertiary/aromatic N) is 1. The van der Waals surface area contributed by atoms with Crippen LogP contribution in [-0.2, 0) is 0 Å². The Morgan fingerprint density at radius 1 is 1.43 bits per heavy atom. The Balaban J connectivity index is 2.90. The average Bonchev–Trinajstić information content (AvgIpc) is 2.58. The molecule has 0 aliphatic rings. The zero-order valence-corrected chi connectivity index (χ0v) is 12.4. The molecule has 1 heterocycles. The van der Waals surface area contributed by atoms with Crippen molar-refractivity contribution in [3.63, 3.8) is 0 Å². The normalized spacial score (nSPS) is 11.1. The van der Waals surface area contributed by atoms with Crippen LogP contribution in [0.1, 0.15) is 11.1 Å². The van der Waals surface area contributed by atoms with Crippen molar-refractivity contribution in [1.29, 1.82) is 0 Å². The lowest BCUT2D eigenvalue weighted by molar-refractivity contribution is 1.33. The molecule has 0 radical (unpaired) electrons. The summed E-state index contributed by atoms with van der Waals surface area (Å²) in [7, 11) is 1.69. The third-order valence-electron chi connectivity index (χ3n) is 2.49. The fraction of sp³-hybridized carbons (Fsp3) is 0.200. The highest BCUT2D eigenvalue weighted by atomic mass is 127. The van der Waals surface area contributed by atoms with E-state index in [0.29, 0.717) is 0 Å². The number of hydrogen-bond donors (Lipinski definition) is 0. The summed E-state index contributed by atoms with van der Waals surface area (Å²) in [5, 5.41) is 1.33. The predicted octanol–water partition coefficient (Wildman–Crippen LogP) is 4.87. The molecule has 0 spiro atoms. The van der Waals surface area contributed by atoms with Crippen molar-refractivity contribution < 1.29 is 0 Å². The molecule has 0 saturated carbocycles. The maximum Gasteiger partial charge on any atom is 0.0743 e. The lowest BCUT2D eigenvalue weighted by Gasteiger charge is -2.06. The van der Waals surface area contributed by atoms with Gasteiger partial charge in [-0.15, -0.1) is 0 Å². The van der Waals surface area contributed by atoms with E-state index in [-0.39, 0.29) is 0 Å². The third-order valence-corrected chi connectivity index (χ3v) is 4.82. The molecule has 74 valence electrons. The molecule has 0 aliphatic carbocycles. The molecule has 1 nitrogen and oxygen atoms in total. The Hall–Kier alpha value is 0.320. The first kappa shape index (κ1) is 10.8. The van der Waals surface area contributed by atoms with E-state index in [0.717, 1.165) is 0 Å². The molecule has 1 aromatic heterocycles. The molecule has 14 heavy (non-hydrogen) atoms. The van der Waals surface area contributed by atoms with E-state index in [1.54, 1.807) is 9.12 Å². The van der Waals surface area contributed by atoms with Crippen molar-refractivity contribution in [3.8, 4) is 0 Å². The molecule has 4 heteroatoms. The largest absolute Gasteiger partial charge is 0.281 e. The number of hydrogen-bond acceptors (Lipinski definition) is 1.